The Morgan fingerprint density at radius 1 is 0.778 bits per heavy atom. The minimum absolute atomic E-state index is 0. The monoisotopic (exact) mass is 218 g/mol. The Bertz CT molecular complexity index is 69.1. The van der Waals surface area contributed by atoms with Crippen molar-refractivity contribution in [2.24, 2.45) is 0 Å². The van der Waals surface area contributed by atoms with Crippen molar-refractivity contribution in [3.63, 3.8) is 0 Å². The largest absolute Gasteiger partial charge is 0.300 e. The van der Waals surface area contributed by atoms with Gasteiger partial charge in [-0.05, 0) is 27.7 Å². The molecule has 0 N–H and O–H groups in total. The topological polar surface area (TPSA) is 34.1 Å². The van der Waals surface area contributed by atoms with E-state index in [1.807, 2.05) is 0 Å². The number of hydrogen-bond acceptors (Lipinski definition) is 2. The standard InChI is InChI=1S/2C3H6O.Ru/c2*1-3(2)4;/h2*1-2H3;. The molecule has 0 aromatic heterocycles. The predicted octanol–water partition coefficient (Wildman–Crippen LogP) is 1.19. The maximum atomic E-state index is 9.44. The summed E-state index contributed by atoms with van der Waals surface area (Å²) < 4.78 is 0. The number of carbonyl (C=O) groups excluding carboxylic acids is 2. The Kier molecular flexibility index (Phi) is 19.3. The van der Waals surface area contributed by atoms with E-state index >= 15 is 0 Å². The molecule has 0 fully saturated rings. The summed E-state index contributed by atoms with van der Waals surface area (Å²) in [7, 11) is 0. The van der Waals surface area contributed by atoms with E-state index < -0.39 is 0 Å². The molecule has 0 spiro atoms. The van der Waals surface area contributed by atoms with E-state index in [4.69, 9.17) is 0 Å². The van der Waals surface area contributed by atoms with Crippen LogP contribution in [0.3, 0.4) is 0 Å². The van der Waals surface area contributed by atoms with Gasteiger partial charge in [-0.2, -0.15) is 0 Å². The van der Waals surface area contributed by atoms with Crippen molar-refractivity contribution in [3.05, 3.63) is 0 Å². The van der Waals surface area contributed by atoms with E-state index in [1.165, 1.54) is 27.7 Å². The SMILES string of the molecule is CC(C)=O.CC(C)=O.[Ru]. The molecule has 0 rings (SSSR count). The van der Waals surface area contributed by atoms with Crippen molar-refractivity contribution in [2.75, 3.05) is 0 Å². The smallest absolute Gasteiger partial charge is 0.126 e. The van der Waals surface area contributed by atoms with Gasteiger partial charge in [0.25, 0.3) is 0 Å². The fourth-order valence-electron chi connectivity index (χ4n) is 0. The van der Waals surface area contributed by atoms with Crippen LogP contribution in [0.4, 0.5) is 0 Å². The van der Waals surface area contributed by atoms with Gasteiger partial charge in [-0.15, -0.1) is 0 Å². The number of hydrogen-bond donors (Lipinski definition) is 0. The molecule has 0 aromatic carbocycles. The van der Waals surface area contributed by atoms with Crippen molar-refractivity contribution in [2.45, 2.75) is 27.7 Å². The second-order valence-corrected chi connectivity index (χ2v) is 1.82. The van der Waals surface area contributed by atoms with Gasteiger partial charge in [-0.25, -0.2) is 0 Å². The van der Waals surface area contributed by atoms with E-state index in [1.54, 1.807) is 0 Å². The van der Waals surface area contributed by atoms with E-state index in [0.29, 0.717) is 0 Å². The van der Waals surface area contributed by atoms with Crippen LogP contribution in [0.1, 0.15) is 27.7 Å². The van der Waals surface area contributed by atoms with Crippen molar-refractivity contribution in [3.8, 4) is 0 Å². The number of ketones is 2. The van der Waals surface area contributed by atoms with Crippen LogP contribution in [-0.4, -0.2) is 11.6 Å². The van der Waals surface area contributed by atoms with Crippen LogP contribution in [0.2, 0.25) is 0 Å². The summed E-state index contributed by atoms with van der Waals surface area (Å²) in [6, 6.07) is 0. The van der Waals surface area contributed by atoms with Crippen molar-refractivity contribution in [1.29, 1.82) is 0 Å². The Balaban J connectivity index is -0.0000000720. The molecule has 56 valence electrons. The van der Waals surface area contributed by atoms with Crippen LogP contribution in [0.5, 0.6) is 0 Å². The summed E-state index contributed by atoms with van der Waals surface area (Å²) >= 11 is 0. The summed E-state index contributed by atoms with van der Waals surface area (Å²) in [5.74, 6) is 0.333. The third-order valence-electron chi connectivity index (χ3n) is 0. The summed E-state index contributed by atoms with van der Waals surface area (Å²) in [5.41, 5.74) is 0. The van der Waals surface area contributed by atoms with Gasteiger partial charge in [0.1, 0.15) is 11.6 Å². The summed E-state index contributed by atoms with van der Waals surface area (Å²) in [5, 5.41) is 0. The van der Waals surface area contributed by atoms with Gasteiger partial charge in [-0.3, -0.25) is 0 Å². The molecule has 0 aliphatic rings. The quantitative estimate of drug-likeness (QED) is 0.571. The molecule has 0 aromatic rings. The van der Waals surface area contributed by atoms with Crippen LogP contribution in [0.15, 0.2) is 0 Å². The van der Waals surface area contributed by atoms with Gasteiger partial charge in [0, 0.05) is 19.5 Å². The average molecular weight is 217 g/mol. The molecule has 0 amide bonds. The van der Waals surface area contributed by atoms with Crippen molar-refractivity contribution in [1.82, 2.24) is 0 Å². The zero-order valence-electron chi connectivity index (χ0n) is 6.17. The Morgan fingerprint density at radius 3 is 0.778 bits per heavy atom. The molecule has 0 bridgehead atoms. The van der Waals surface area contributed by atoms with E-state index in [9.17, 15) is 9.59 Å². The molecule has 0 aliphatic carbocycles. The molecule has 0 radical (unpaired) electrons. The molecular formula is C6H12O2Ru. The van der Waals surface area contributed by atoms with Crippen LogP contribution in [-0.2, 0) is 29.1 Å². The fourth-order valence-corrected chi connectivity index (χ4v) is 0. The molecular weight excluding hydrogens is 205 g/mol. The van der Waals surface area contributed by atoms with Gasteiger partial charge in [0.2, 0.25) is 0 Å². The molecule has 0 saturated heterocycles. The second kappa shape index (κ2) is 10.9. The van der Waals surface area contributed by atoms with Crippen LogP contribution in [0, 0.1) is 0 Å². The Hall–Kier alpha value is -0.0366. The molecule has 3 heteroatoms. The van der Waals surface area contributed by atoms with Crippen molar-refractivity contribution < 1.29 is 29.1 Å². The maximum absolute atomic E-state index is 9.44. The first-order valence-corrected chi connectivity index (χ1v) is 2.41. The summed E-state index contributed by atoms with van der Waals surface area (Å²) in [4.78, 5) is 18.9. The first-order chi connectivity index (χ1) is 3.46. The van der Waals surface area contributed by atoms with Crippen LogP contribution >= 0.6 is 0 Å². The predicted molar refractivity (Wildman–Crippen MR) is 32.7 cm³/mol. The molecule has 0 unspecified atom stereocenters. The first kappa shape index (κ1) is 16.0. The van der Waals surface area contributed by atoms with E-state index in [0.717, 1.165) is 0 Å². The van der Waals surface area contributed by atoms with Gasteiger partial charge in [0.05, 0.1) is 0 Å². The number of rotatable bonds is 0. The molecule has 0 saturated carbocycles. The first-order valence-electron chi connectivity index (χ1n) is 2.41. The van der Waals surface area contributed by atoms with Crippen LogP contribution in [0.25, 0.3) is 0 Å². The molecule has 0 heterocycles. The van der Waals surface area contributed by atoms with Crippen LogP contribution < -0.4 is 0 Å². The second-order valence-electron chi connectivity index (χ2n) is 1.82. The maximum Gasteiger partial charge on any atom is 0.126 e. The minimum atomic E-state index is 0. The third-order valence-corrected chi connectivity index (χ3v) is 0. The van der Waals surface area contributed by atoms with Gasteiger partial charge >= 0.3 is 0 Å². The normalized spacial score (nSPS) is 5.78. The molecule has 0 atom stereocenters. The Morgan fingerprint density at radius 2 is 0.778 bits per heavy atom. The van der Waals surface area contributed by atoms with E-state index in [-0.39, 0.29) is 31.0 Å². The minimum Gasteiger partial charge on any atom is -0.300 e. The summed E-state index contributed by atoms with van der Waals surface area (Å²) in [6.07, 6.45) is 0. The summed E-state index contributed by atoms with van der Waals surface area (Å²) in [6.45, 7) is 6.11. The van der Waals surface area contributed by atoms with E-state index in [2.05, 4.69) is 0 Å². The molecule has 2 nitrogen and oxygen atoms in total. The zero-order valence-corrected chi connectivity index (χ0v) is 7.91. The van der Waals surface area contributed by atoms with Gasteiger partial charge < -0.3 is 9.59 Å². The fraction of sp³-hybridized carbons (Fsp3) is 0.667. The van der Waals surface area contributed by atoms with Gasteiger partial charge in [0.15, 0.2) is 0 Å². The molecule has 0 aliphatic heterocycles. The number of Topliss-reactive ketones (excluding diaryl/α,β-unsaturated/α-hetero) is 2. The van der Waals surface area contributed by atoms with Gasteiger partial charge in [-0.1, -0.05) is 0 Å². The molecule has 9 heavy (non-hydrogen) atoms. The Labute approximate surface area is 68.8 Å². The average Bonchev–Trinajstić information content (AvgIpc) is 1.25. The third kappa shape index (κ3) is 211000. The zero-order chi connectivity index (χ0) is 7.15. The van der Waals surface area contributed by atoms with Crippen molar-refractivity contribution >= 4 is 11.6 Å². The number of carbonyl (C=O) groups is 2.